The Bertz CT molecular complexity index is 501. The number of nitrogens with zero attached hydrogens (tertiary/aromatic N) is 3. The molecular weight excluding hydrogens is 364 g/mol. The van der Waals surface area contributed by atoms with Crippen LogP contribution in [-0.4, -0.2) is 15.2 Å². The molecule has 17 heavy (non-hydrogen) atoms. The van der Waals surface area contributed by atoms with Gasteiger partial charge in [-0.1, -0.05) is 31.9 Å². The van der Waals surface area contributed by atoms with E-state index >= 15 is 0 Å². The van der Waals surface area contributed by atoms with Gasteiger partial charge in [-0.05, 0) is 12.1 Å². The van der Waals surface area contributed by atoms with Crippen LogP contribution in [-0.2, 0) is 0 Å². The van der Waals surface area contributed by atoms with E-state index in [1.807, 2.05) is 0 Å². The summed E-state index contributed by atoms with van der Waals surface area (Å²) < 4.78 is 29.2. The molecule has 0 N–H and O–H groups in total. The van der Waals surface area contributed by atoms with Gasteiger partial charge in [0.05, 0.1) is 11.3 Å². The van der Waals surface area contributed by atoms with Gasteiger partial charge in [-0.3, -0.25) is 4.98 Å². The first-order chi connectivity index (χ1) is 8.08. The number of aromatic nitrogens is 3. The summed E-state index contributed by atoms with van der Waals surface area (Å²) >= 11 is 6.58. The van der Waals surface area contributed by atoms with Gasteiger partial charge in [0, 0.05) is 6.20 Å². The van der Waals surface area contributed by atoms with Crippen LogP contribution in [0.25, 0.3) is 11.5 Å². The molecule has 2 aromatic heterocycles. The quantitative estimate of drug-likeness (QED) is 0.772. The van der Waals surface area contributed by atoms with E-state index in [-0.39, 0.29) is 9.63 Å². The lowest BCUT2D eigenvalue weighted by atomic mass is 10.2. The zero-order chi connectivity index (χ0) is 12.4. The van der Waals surface area contributed by atoms with Crippen molar-refractivity contribution in [3.63, 3.8) is 0 Å². The average Bonchev–Trinajstić information content (AvgIpc) is 2.78. The number of rotatable bonds is 3. The number of hydrogen-bond acceptors (Lipinski definition) is 4. The summed E-state index contributed by atoms with van der Waals surface area (Å²) in [4.78, 5) is 4.10. The van der Waals surface area contributed by atoms with Crippen molar-refractivity contribution in [2.75, 3.05) is 0 Å². The number of alkyl halides is 4. The standard InChI is InChI=1S/C9H5Br2F2N3O/c10-6(11)5-2-1-4(3-14-5)8-15-16-9(17-8)7(12)13/h1-3,6-7H. The Hall–Kier alpha value is -0.890. The van der Waals surface area contributed by atoms with Gasteiger partial charge in [-0.2, -0.15) is 8.78 Å². The number of halogens is 4. The van der Waals surface area contributed by atoms with Crippen LogP contribution < -0.4 is 0 Å². The fraction of sp³-hybridized carbons (Fsp3) is 0.222. The monoisotopic (exact) mass is 367 g/mol. The molecule has 0 amide bonds. The molecule has 0 unspecified atom stereocenters. The highest BCUT2D eigenvalue weighted by Gasteiger charge is 2.17. The first kappa shape index (κ1) is 12.6. The van der Waals surface area contributed by atoms with Crippen LogP contribution in [0.2, 0.25) is 0 Å². The number of hydrogen-bond donors (Lipinski definition) is 0. The van der Waals surface area contributed by atoms with Crippen LogP contribution in [0.3, 0.4) is 0 Å². The zero-order valence-corrected chi connectivity index (χ0v) is 11.3. The second kappa shape index (κ2) is 5.18. The maximum absolute atomic E-state index is 12.2. The van der Waals surface area contributed by atoms with Gasteiger partial charge in [0.2, 0.25) is 5.89 Å². The van der Waals surface area contributed by atoms with Crippen LogP contribution in [0.15, 0.2) is 22.7 Å². The van der Waals surface area contributed by atoms with Crippen LogP contribution in [0.4, 0.5) is 8.78 Å². The van der Waals surface area contributed by atoms with Gasteiger partial charge in [0.15, 0.2) is 0 Å². The molecule has 0 atom stereocenters. The Morgan fingerprint density at radius 3 is 2.41 bits per heavy atom. The third-order valence-electron chi connectivity index (χ3n) is 1.88. The average molecular weight is 369 g/mol. The molecule has 2 aromatic rings. The Kier molecular flexibility index (Phi) is 3.82. The highest BCUT2D eigenvalue weighted by atomic mass is 79.9. The summed E-state index contributed by atoms with van der Waals surface area (Å²) in [5.74, 6) is -0.664. The van der Waals surface area contributed by atoms with Crippen molar-refractivity contribution in [2.24, 2.45) is 0 Å². The minimum atomic E-state index is -2.77. The fourth-order valence-electron chi connectivity index (χ4n) is 1.10. The Labute approximate surface area is 112 Å². The lowest BCUT2D eigenvalue weighted by Crippen LogP contribution is -1.87. The van der Waals surface area contributed by atoms with Gasteiger partial charge in [-0.25, -0.2) is 0 Å². The van der Waals surface area contributed by atoms with Crippen LogP contribution in [0, 0.1) is 0 Å². The van der Waals surface area contributed by atoms with Gasteiger partial charge in [0.1, 0.15) is 3.74 Å². The maximum atomic E-state index is 12.2. The molecule has 2 rings (SSSR count). The molecule has 0 radical (unpaired) electrons. The predicted molar refractivity (Wildman–Crippen MR) is 63.1 cm³/mol. The lowest BCUT2D eigenvalue weighted by Gasteiger charge is -2.00. The predicted octanol–water partition coefficient (Wildman–Crippen LogP) is 3.86. The third-order valence-corrected chi connectivity index (χ3v) is 2.82. The van der Waals surface area contributed by atoms with Gasteiger partial charge in [-0.15, -0.1) is 10.2 Å². The van der Waals surface area contributed by atoms with E-state index in [4.69, 9.17) is 4.42 Å². The van der Waals surface area contributed by atoms with Crippen molar-refractivity contribution in [3.05, 3.63) is 29.9 Å². The summed E-state index contributed by atoms with van der Waals surface area (Å²) in [7, 11) is 0. The molecule has 0 aliphatic heterocycles. The van der Waals surface area contributed by atoms with Crippen molar-refractivity contribution < 1.29 is 13.2 Å². The molecule has 0 fully saturated rings. The highest BCUT2D eigenvalue weighted by molar-refractivity contribution is 9.24. The minimum absolute atomic E-state index is 0.0278. The number of pyridine rings is 1. The normalized spacial score (nSPS) is 11.4. The first-order valence-electron chi connectivity index (χ1n) is 4.44. The second-order valence-electron chi connectivity index (χ2n) is 3.02. The van der Waals surface area contributed by atoms with E-state index < -0.39 is 12.3 Å². The molecule has 2 heterocycles. The maximum Gasteiger partial charge on any atom is 0.314 e. The molecular formula is C9H5Br2F2N3O. The van der Waals surface area contributed by atoms with E-state index in [0.29, 0.717) is 5.56 Å². The lowest BCUT2D eigenvalue weighted by molar-refractivity contribution is 0.116. The fourth-order valence-corrected chi connectivity index (χ4v) is 1.64. The van der Waals surface area contributed by atoms with Crippen molar-refractivity contribution in [1.82, 2.24) is 15.2 Å². The molecule has 8 heteroatoms. The summed E-state index contributed by atoms with van der Waals surface area (Å²) in [6.45, 7) is 0. The van der Waals surface area contributed by atoms with E-state index in [2.05, 4.69) is 47.0 Å². The molecule has 0 saturated heterocycles. The Morgan fingerprint density at radius 1 is 1.18 bits per heavy atom. The minimum Gasteiger partial charge on any atom is -0.415 e. The van der Waals surface area contributed by atoms with Crippen LogP contribution in [0.5, 0.6) is 0 Å². The Morgan fingerprint density at radius 2 is 1.94 bits per heavy atom. The summed E-state index contributed by atoms with van der Waals surface area (Å²) in [6.07, 6.45) is -1.29. The molecule has 0 spiro atoms. The molecule has 90 valence electrons. The third kappa shape index (κ3) is 2.86. The van der Waals surface area contributed by atoms with Crippen molar-refractivity contribution >= 4 is 31.9 Å². The molecule has 4 nitrogen and oxygen atoms in total. The van der Waals surface area contributed by atoms with Gasteiger partial charge < -0.3 is 4.42 Å². The van der Waals surface area contributed by atoms with Crippen LogP contribution in [0.1, 0.15) is 21.7 Å². The van der Waals surface area contributed by atoms with E-state index in [9.17, 15) is 8.78 Å². The SMILES string of the molecule is FC(F)c1nnc(-c2ccc(C(Br)Br)nc2)o1. The topological polar surface area (TPSA) is 51.8 Å². The van der Waals surface area contributed by atoms with Crippen LogP contribution >= 0.6 is 31.9 Å². The van der Waals surface area contributed by atoms with E-state index in [0.717, 1.165) is 5.69 Å². The first-order valence-corrected chi connectivity index (χ1v) is 6.27. The second-order valence-corrected chi connectivity index (χ2v) is 6.08. The van der Waals surface area contributed by atoms with E-state index in [1.54, 1.807) is 12.1 Å². The molecule has 0 aromatic carbocycles. The summed E-state index contributed by atoms with van der Waals surface area (Å²) in [5.41, 5.74) is 1.25. The largest absolute Gasteiger partial charge is 0.415 e. The van der Waals surface area contributed by atoms with Gasteiger partial charge in [0.25, 0.3) is 5.89 Å². The summed E-state index contributed by atoms with van der Waals surface area (Å²) in [6, 6.07) is 3.39. The van der Waals surface area contributed by atoms with Crippen molar-refractivity contribution in [3.8, 4) is 11.5 Å². The Balaban J connectivity index is 2.27. The summed E-state index contributed by atoms with van der Waals surface area (Å²) in [5, 5.41) is 6.76. The highest BCUT2D eigenvalue weighted by Crippen LogP contribution is 2.29. The molecule has 0 saturated carbocycles. The zero-order valence-electron chi connectivity index (χ0n) is 8.15. The van der Waals surface area contributed by atoms with Crippen molar-refractivity contribution in [1.29, 1.82) is 0 Å². The van der Waals surface area contributed by atoms with E-state index in [1.165, 1.54) is 6.20 Å². The van der Waals surface area contributed by atoms with Crippen molar-refractivity contribution in [2.45, 2.75) is 10.2 Å². The smallest absolute Gasteiger partial charge is 0.314 e. The van der Waals surface area contributed by atoms with Gasteiger partial charge >= 0.3 is 6.43 Å². The molecule has 0 aliphatic carbocycles. The molecule has 0 aliphatic rings. The molecule has 0 bridgehead atoms.